The van der Waals surface area contributed by atoms with E-state index >= 15 is 0 Å². The lowest BCUT2D eigenvalue weighted by Crippen LogP contribution is -2.20. The number of nitrogens with zero attached hydrogens (tertiary/aromatic N) is 2. The van der Waals surface area contributed by atoms with Crippen molar-refractivity contribution >= 4 is 52.4 Å². The molecule has 230 valence electrons. The Morgan fingerprint density at radius 1 is 0.932 bits per heavy atom. The fourth-order valence-electron chi connectivity index (χ4n) is 3.12. The summed E-state index contributed by atoms with van der Waals surface area (Å²) in [6, 6.07) is 8.47. The molecule has 6 N–H and O–H groups in total. The Labute approximate surface area is 243 Å². The van der Waals surface area contributed by atoms with Gasteiger partial charge in [-0.05, 0) is 36.4 Å². The van der Waals surface area contributed by atoms with E-state index < -0.39 is 47.3 Å². The van der Waals surface area contributed by atoms with Crippen LogP contribution in [0.4, 0.5) is 44.5 Å². The first kappa shape index (κ1) is 32.3. The number of anilines is 3. The van der Waals surface area contributed by atoms with Crippen LogP contribution in [-0.2, 0) is 20.5 Å². The van der Waals surface area contributed by atoms with Gasteiger partial charge in [-0.3, -0.25) is 5.32 Å². The number of aliphatic carboxylic acids is 2. The summed E-state index contributed by atoms with van der Waals surface area (Å²) in [6.45, 7) is 0. The largest absolute Gasteiger partial charge is 0.478 e. The fourth-order valence-corrected chi connectivity index (χ4v) is 3.12. The number of hydrogen-bond acceptors (Lipinski definition) is 8. The first-order valence-electron chi connectivity index (χ1n) is 11.8. The molecular formula is C26H20F4N6O8. The lowest BCUT2D eigenvalue weighted by atomic mass is 10.2. The van der Waals surface area contributed by atoms with Crippen LogP contribution in [-0.4, -0.2) is 56.3 Å². The Kier molecular flexibility index (Phi) is 10.4. The molecule has 0 unspecified atom stereocenters. The van der Waals surface area contributed by atoms with Gasteiger partial charge in [0.25, 0.3) is 0 Å². The third-order valence-electron chi connectivity index (χ3n) is 4.99. The summed E-state index contributed by atoms with van der Waals surface area (Å²) in [5.74, 6) is -2.81. The molecule has 18 heteroatoms. The average molecular weight is 620 g/mol. The van der Waals surface area contributed by atoms with Crippen molar-refractivity contribution < 1.29 is 56.4 Å². The van der Waals surface area contributed by atoms with Crippen LogP contribution in [0, 0.1) is 5.82 Å². The number of rotatable bonds is 7. The van der Waals surface area contributed by atoms with Crippen LogP contribution in [0.2, 0.25) is 0 Å². The highest BCUT2D eigenvalue weighted by Gasteiger charge is 2.31. The highest BCUT2D eigenvalue weighted by molar-refractivity contribution is 5.99. The zero-order valence-corrected chi connectivity index (χ0v) is 22.1. The van der Waals surface area contributed by atoms with Gasteiger partial charge in [-0.1, -0.05) is 0 Å². The predicted molar refractivity (Wildman–Crippen MR) is 145 cm³/mol. The third-order valence-corrected chi connectivity index (χ3v) is 4.99. The van der Waals surface area contributed by atoms with Crippen molar-refractivity contribution in [2.75, 3.05) is 23.1 Å². The van der Waals surface area contributed by atoms with E-state index in [2.05, 4.69) is 30.3 Å². The van der Waals surface area contributed by atoms with Crippen LogP contribution in [0.3, 0.4) is 0 Å². The van der Waals surface area contributed by atoms with Crippen molar-refractivity contribution in [1.82, 2.24) is 15.0 Å². The molecule has 0 aliphatic heterocycles. The number of urea groups is 1. The normalized spacial score (nSPS) is 10.8. The molecule has 4 rings (SSSR count). The summed E-state index contributed by atoms with van der Waals surface area (Å²) >= 11 is 0. The van der Waals surface area contributed by atoms with Crippen LogP contribution in [0.25, 0.3) is 11.0 Å². The Balaban J connectivity index is 0.000000583. The average Bonchev–Trinajstić information content (AvgIpc) is 3.35. The summed E-state index contributed by atoms with van der Waals surface area (Å²) < 4.78 is 62.4. The first-order chi connectivity index (χ1) is 20.7. The molecule has 0 saturated carbocycles. The summed E-state index contributed by atoms with van der Waals surface area (Å²) in [4.78, 5) is 53.7. The molecule has 3 amide bonds. The SMILES string of the molecule is COC(=O)Nc1nc2cc(Oc3ccc(NC(=O)Nc4cc(C(F)(F)F)ccc4F)cn3)ccc2[nH]1.O=C(O)C=CC(=O)O. The van der Waals surface area contributed by atoms with Gasteiger partial charge in [0.05, 0.1) is 41.3 Å². The van der Waals surface area contributed by atoms with Gasteiger partial charge in [0.2, 0.25) is 11.8 Å². The van der Waals surface area contributed by atoms with Crippen LogP contribution in [0.5, 0.6) is 11.6 Å². The number of methoxy groups -OCH3 is 1. The van der Waals surface area contributed by atoms with E-state index in [0.29, 0.717) is 47.1 Å². The van der Waals surface area contributed by atoms with Crippen LogP contribution >= 0.6 is 0 Å². The number of hydrogen-bond donors (Lipinski definition) is 6. The first-order valence-corrected chi connectivity index (χ1v) is 11.8. The molecule has 2 aromatic carbocycles. The summed E-state index contributed by atoms with van der Waals surface area (Å²) in [7, 11) is 1.22. The van der Waals surface area contributed by atoms with Crippen molar-refractivity contribution in [1.29, 1.82) is 0 Å². The Morgan fingerprint density at radius 2 is 1.64 bits per heavy atom. The van der Waals surface area contributed by atoms with E-state index in [1.165, 1.54) is 25.4 Å². The predicted octanol–water partition coefficient (Wildman–Crippen LogP) is 5.44. The number of carboxylic acid groups (broad SMARTS) is 2. The number of benzene rings is 2. The zero-order valence-electron chi connectivity index (χ0n) is 22.1. The number of carbonyl (C=O) groups excluding carboxylic acids is 2. The molecule has 14 nitrogen and oxygen atoms in total. The molecule has 0 radical (unpaired) electrons. The van der Waals surface area contributed by atoms with Crippen LogP contribution < -0.4 is 20.7 Å². The van der Waals surface area contributed by atoms with Crippen molar-refractivity contribution in [2.45, 2.75) is 6.18 Å². The molecule has 44 heavy (non-hydrogen) atoms. The van der Waals surface area contributed by atoms with Crippen molar-refractivity contribution in [2.24, 2.45) is 0 Å². The Morgan fingerprint density at radius 3 is 2.23 bits per heavy atom. The number of halogens is 4. The van der Waals surface area contributed by atoms with Crippen molar-refractivity contribution in [3.8, 4) is 11.6 Å². The number of pyridine rings is 1. The number of carboxylic acids is 2. The molecule has 0 atom stereocenters. The van der Waals surface area contributed by atoms with Gasteiger partial charge in [0.15, 0.2) is 0 Å². The second-order valence-electron chi connectivity index (χ2n) is 8.15. The zero-order chi connectivity index (χ0) is 32.4. The highest BCUT2D eigenvalue weighted by atomic mass is 19.4. The maximum atomic E-state index is 13.8. The number of H-pyrrole nitrogens is 1. The summed E-state index contributed by atoms with van der Waals surface area (Å²) in [5.41, 5.74) is -0.436. The van der Waals surface area contributed by atoms with Crippen molar-refractivity contribution in [3.63, 3.8) is 0 Å². The number of amides is 3. The molecule has 0 saturated heterocycles. The van der Waals surface area contributed by atoms with Gasteiger partial charge in [-0.15, -0.1) is 0 Å². The monoisotopic (exact) mass is 620 g/mol. The minimum atomic E-state index is -4.69. The van der Waals surface area contributed by atoms with Crippen LogP contribution in [0.1, 0.15) is 5.56 Å². The van der Waals surface area contributed by atoms with Gasteiger partial charge in [0.1, 0.15) is 11.6 Å². The molecule has 2 aromatic heterocycles. The molecule has 0 aliphatic carbocycles. The maximum absolute atomic E-state index is 13.8. The highest BCUT2D eigenvalue weighted by Crippen LogP contribution is 2.32. The fraction of sp³-hybridized carbons (Fsp3) is 0.0769. The minimum absolute atomic E-state index is 0.160. The lowest BCUT2D eigenvalue weighted by molar-refractivity contribution is -0.137. The van der Waals surface area contributed by atoms with Gasteiger partial charge in [0, 0.05) is 24.3 Å². The second-order valence-corrected chi connectivity index (χ2v) is 8.15. The van der Waals surface area contributed by atoms with Gasteiger partial charge in [-0.2, -0.15) is 13.2 Å². The quantitative estimate of drug-likeness (QED) is 0.114. The smallest absolute Gasteiger partial charge is 0.416 e. The number of carbonyl (C=O) groups is 4. The molecule has 4 aromatic rings. The third kappa shape index (κ3) is 9.72. The van der Waals surface area contributed by atoms with E-state index in [-0.39, 0.29) is 17.5 Å². The number of ether oxygens (including phenoxy) is 2. The molecule has 0 aliphatic rings. The molecule has 0 fully saturated rings. The number of imidazole rings is 1. The van der Waals surface area contributed by atoms with Gasteiger partial charge < -0.3 is 35.3 Å². The molecular weight excluding hydrogens is 600 g/mol. The van der Waals surface area contributed by atoms with E-state index in [1.807, 2.05) is 5.32 Å². The molecule has 0 spiro atoms. The maximum Gasteiger partial charge on any atom is 0.416 e. The van der Waals surface area contributed by atoms with Crippen LogP contribution in [0.15, 0.2) is 66.9 Å². The summed E-state index contributed by atoms with van der Waals surface area (Å²) in [5, 5.41) is 22.4. The number of aromatic nitrogens is 3. The number of nitrogens with one attached hydrogen (secondary N) is 4. The minimum Gasteiger partial charge on any atom is -0.478 e. The van der Waals surface area contributed by atoms with E-state index in [9.17, 15) is 36.7 Å². The van der Waals surface area contributed by atoms with Crippen molar-refractivity contribution in [3.05, 3.63) is 78.3 Å². The molecule has 2 heterocycles. The van der Waals surface area contributed by atoms with E-state index in [0.717, 1.165) is 0 Å². The number of fused-ring (bicyclic) bond motifs is 1. The topological polar surface area (TPSA) is 205 Å². The number of aromatic amines is 1. The Bertz CT molecular complexity index is 1690. The Hall–Kier alpha value is -6.20. The summed E-state index contributed by atoms with van der Waals surface area (Å²) in [6.07, 6.45) is -3.02. The standard InChI is InChI=1S/C22H16F4N6O4.C4H4O4/c1-35-21(34)32-19-29-15-6-4-13(9-17(15)30-19)36-18-7-3-12(10-27-18)28-20(33)31-16-8-11(22(24,25)26)2-5-14(16)23;5-3(6)1-2-4(7)8/h2-10H,1H3,(H2,28,31,33)(H2,29,30,32,34);1-2H,(H,5,6)(H,7,8). The van der Waals surface area contributed by atoms with E-state index in [1.54, 1.807) is 18.2 Å². The second kappa shape index (κ2) is 14.1. The van der Waals surface area contributed by atoms with E-state index in [4.69, 9.17) is 14.9 Å². The van der Waals surface area contributed by atoms with Gasteiger partial charge >= 0.3 is 30.2 Å². The lowest BCUT2D eigenvalue weighted by Gasteiger charge is -2.12. The van der Waals surface area contributed by atoms with Gasteiger partial charge in [-0.25, -0.2) is 33.5 Å². The number of alkyl halides is 3. The molecule has 0 bridgehead atoms.